The molecule has 30 heavy (non-hydrogen) atoms. The fourth-order valence-electron chi connectivity index (χ4n) is 3.25. The summed E-state index contributed by atoms with van der Waals surface area (Å²) < 4.78 is 16.5. The number of hydrogen-bond donors (Lipinski definition) is 0. The van der Waals surface area contributed by atoms with E-state index in [0.717, 1.165) is 10.6 Å². The van der Waals surface area contributed by atoms with Gasteiger partial charge in [-0.05, 0) is 48.7 Å². The maximum absolute atomic E-state index is 13.0. The fraction of sp³-hybridized carbons (Fsp3) is 0.227. The molecule has 1 aromatic carbocycles. The summed E-state index contributed by atoms with van der Waals surface area (Å²) in [5.74, 6) is 1.07. The highest BCUT2D eigenvalue weighted by Gasteiger charge is 2.34. The second-order valence-corrected chi connectivity index (χ2v) is 7.69. The van der Waals surface area contributed by atoms with Crippen LogP contribution in [0.4, 0.5) is 0 Å². The number of ketones is 1. The maximum atomic E-state index is 13.0. The molecule has 0 fully saturated rings. The van der Waals surface area contributed by atoms with Gasteiger partial charge in [-0.15, -0.1) is 11.3 Å². The minimum Gasteiger partial charge on any atom is -0.493 e. The lowest BCUT2D eigenvalue weighted by atomic mass is 10.1. The minimum atomic E-state index is -0.285. The smallest absolute Gasteiger partial charge is 0.281 e. The Balaban J connectivity index is 1.53. The summed E-state index contributed by atoms with van der Waals surface area (Å²) >= 11 is 1.57. The highest BCUT2D eigenvalue weighted by atomic mass is 32.1. The Hall–Kier alpha value is -3.39. The van der Waals surface area contributed by atoms with Crippen LogP contribution in [0.5, 0.6) is 11.5 Å². The van der Waals surface area contributed by atoms with Crippen LogP contribution >= 0.6 is 11.3 Å². The van der Waals surface area contributed by atoms with Gasteiger partial charge in [0, 0.05) is 16.9 Å². The zero-order chi connectivity index (χ0) is 21.1. The van der Waals surface area contributed by atoms with Crippen LogP contribution in [0, 0.1) is 0 Å². The fourth-order valence-corrected chi connectivity index (χ4v) is 4.06. The van der Waals surface area contributed by atoms with Crippen molar-refractivity contribution in [1.82, 2.24) is 5.01 Å². The monoisotopic (exact) mass is 424 g/mol. The summed E-state index contributed by atoms with van der Waals surface area (Å²) in [7, 11) is 1.49. The summed E-state index contributed by atoms with van der Waals surface area (Å²) in [4.78, 5) is 25.6. The molecular weight excluding hydrogens is 404 g/mol. The summed E-state index contributed by atoms with van der Waals surface area (Å²) in [6, 6.07) is 12.2. The molecule has 1 amide bonds. The number of carbonyl (C=O) groups excluding carboxylic acids is 2. The SMILES string of the molecule is COc1cc(C(C)=O)ccc1OCC(=O)N1N=C(c2ccco2)CC1c1cccs1. The third-order valence-corrected chi connectivity index (χ3v) is 5.74. The van der Waals surface area contributed by atoms with Crippen molar-refractivity contribution in [3.8, 4) is 11.5 Å². The Bertz CT molecular complexity index is 1070. The van der Waals surface area contributed by atoms with Crippen molar-refractivity contribution in [3.63, 3.8) is 0 Å². The third-order valence-electron chi connectivity index (χ3n) is 4.76. The molecule has 1 atom stereocenters. The second-order valence-electron chi connectivity index (χ2n) is 6.71. The third kappa shape index (κ3) is 3.99. The van der Waals surface area contributed by atoms with Gasteiger partial charge in [-0.2, -0.15) is 5.10 Å². The lowest BCUT2D eigenvalue weighted by Gasteiger charge is -2.21. The molecule has 0 bridgehead atoms. The van der Waals surface area contributed by atoms with Crippen LogP contribution in [-0.2, 0) is 4.79 Å². The van der Waals surface area contributed by atoms with Gasteiger partial charge in [-0.25, -0.2) is 5.01 Å². The van der Waals surface area contributed by atoms with Gasteiger partial charge >= 0.3 is 0 Å². The highest BCUT2D eigenvalue weighted by molar-refractivity contribution is 7.10. The average molecular weight is 424 g/mol. The molecule has 0 N–H and O–H groups in total. The Labute approximate surface area is 177 Å². The number of methoxy groups -OCH3 is 1. The Kier molecular flexibility index (Phi) is 5.67. The lowest BCUT2D eigenvalue weighted by Crippen LogP contribution is -2.31. The molecular formula is C22H20N2O5S. The van der Waals surface area contributed by atoms with E-state index in [9.17, 15) is 9.59 Å². The van der Waals surface area contributed by atoms with Crippen molar-refractivity contribution in [2.45, 2.75) is 19.4 Å². The molecule has 0 saturated carbocycles. The average Bonchev–Trinajstić information content (AvgIpc) is 3.51. The summed E-state index contributed by atoms with van der Waals surface area (Å²) in [6.45, 7) is 1.26. The largest absolute Gasteiger partial charge is 0.493 e. The molecule has 1 aliphatic rings. The van der Waals surface area contributed by atoms with Crippen LogP contribution in [0.25, 0.3) is 0 Å². The number of amides is 1. The van der Waals surface area contributed by atoms with Crippen LogP contribution in [0.2, 0.25) is 0 Å². The van der Waals surface area contributed by atoms with Gasteiger partial charge in [0.15, 0.2) is 23.9 Å². The normalized spacial score (nSPS) is 15.7. The van der Waals surface area contributed by atoms with Crippen molar-refractivity contribution >= 4 is 28.7 Å². The van der Waals surface area contributed by atoms with E-state index in [0.29, 0.717) is 29.2 Å². The molecule has 0 spiro atoms. The number of nitrogens with zero attached hydrogens (tertiary/aromatic N) is 2. The van der Waals surface area contributed by atoms with Crippen LogP contribution in [0.3, 0.4) is 0 Å². The molecule has 154 valence electrons. The van der Waals surface area contributed by atoms with Gasteiger partial charge in [0.25, 0.3) is 5.91 Å². The zero-order valence-electron chi connectivity index (χ0n) is 16.5. The molecule has 4 rings (SSSR count). The number of carbonyl (C=O) groups is 2. The van der Waals surface area contributed by atoms with Gasteiger partial charge in [0.1, 0.15) is 11.5 Å². The van der Waals surface area contributed by atoms with E-state index in [1.807, 2.05) is 23.6 Å². The van der Waals surface area contributed by atoms with Crippen molar-refractivity contribution in [2.75, 3.05) is 13.7 Å². The van der Waals surface area contributed by atoms with E-state index in [1.54, 1.807) is 41.9 Å². The van der Waals surface area contributed by atoms with Crippen molar-refractivity contribution < 1.29 is 23.5 Å². The van der Waals surface area contributed by atoms with E-state index in [-0.39, 0.29) is 24.3 Å². The Morgan fingerprint density at radius 2 is 2.10 bits per heavy atom. The first-order valence-electron chi connectivity index (χ1n) is 9.35. The quantitative estimate of drug-likeness (QED) is 0.528. The van der Waals surface area contributed by atoms with Gasteiger partial charge in [0.05, 0.1) is 19.4 Å². The molecule has 0 aliphatic carbocycles. The maximum Gasteiger partial charge on any atom is 0.281 e. The van der Waals surface area contributed by atoms with Gasteiger partial charge in [-0.1, -0.05) is 6.07 Å². The Morgan fingerprint density at radius 3 is 2.77 bits per heavy atom. The van der Waals surface area contributed by atoms with E-state index in [2.05, 4.69) is 5.10 Å². The highest BCUT2D eigenvalue weighted by Crippen LogP contribution is 2.35. The first-order valence-corrected chi connectivity index (χ1v) is 10.2. The lowest BCUT2D eigenvalue weighted by molar-refractivity contribution is -0.135. The minimum absolute atomic E-state index is 0.0772. The number of ether oxygens (including phenoxy) is 2. The zero-order valence-corrected chi connectivity index (χ0v) is 17.3. The predicted molar refractivity (Wildman–Crippen MR) is 112 cm³/mol. The van der Waals surface area contributed by atoms with Crippen molar-refractivity contribution in [3.05, 3.63) is 70.3 Å². The summed E-state index contributed by atoms with van der Waals surface area (Å²) in [5, 5.41) is 7.95. The first kappa shape index (κ1) is 19.9. The standard InChI is InChI=1S/C22H20N2O5S/c1-14(25)15-7-8-19(20(11-15)27-2)29-13-22(26)24-17(21-6-4-10-30-21)12-16(23-24)18-5-3-9-28-18/h3-11,17H,12-13H2,1-2H3. The van der Waals surface area contributed by atoms with E-state index < -0.39 is 0 Å². The number of hydrogen-bond acceptors (Lipinski definition) is 7. The first-order chi connectivity index (χ1) is 14.6. The summed E-state index contributed by atoms with van der Waals surface area (Å²) in [5.41, 5.74) is 1.23. The predicted octanol–water partition coefficient (Wildman–Crippen LogP) is 4.31. The van der Waals surface area contributed by atoms with Crippen molar-refractivity contribution in [1.29, 1.82) is 0 Å². The molecule has 3 aromatic rings. The number of hydrazone groups is 1. The van der Waals surface area contributed by atoms with Crippen LogP contribution in [0.1, 0.15) is 40.4 Å². The molecule has 0 saturated heterocycles. The van der Waals surface area contributed by atoms with Crippen LogP contribution in [-0.4, -0.2) is 36.1 Å². The molecule has 8 heteroatoms. The van der Waals surface area contributed by atoms with Gasteiger partial charge < -0.3 is 13.9 Å². The molecule has 1 aliphatic heterocycles. The molecule has 2 aromatic heterocycles. The molecule has 7 nitrogen and oxygen atoms in total. The van der Waals surface area contributed by atoms with E-state index >= 15 is 0 Å². The molecule has 1 unspecified atom stereocenters. The Morgan fingerprint density at radius 1 is 1.23 bits per heavy atom. The van der Waals surface area contributed by atoms with Gasteiger partial charge in [-0.3, -0.25) is 9.59 Å². The number of thiophene rings is 1. The van der Waals surface area contributed by atoms with Crippen LogP contribution in [0.15, 0.2) is 63.6 Å². The van der Waals surface area contributed by atoms with Crippen molar-refractivity contribution in [2.24, 2.45) is 5.10 Å². The topological polar surface area (TPSA) is 81.3 Å². The van der Waals surface area contributed by atoms with Gasteiger partial charge in [0.2, 0.25) is 0 Å². The van der Waals surface area contributed by atoms with E-state index in [1.165, 1.54) is 19.0 Å². The molecule has 3 heterocycles. The number of Topliss-reactive ketones (excluding diaryl/α,β-unsaturated/α-hetero) is 1. The summed E-state index contributed by atoms with van der Waals surface area (Å²) in [6.07, 6.45) is 2.15. The number of rotatable bonds is 7. The number of benzene rings is 1. The van der Waals surface area contributed by atoms with E-state index in [4.69, 9.17) is 13.9 Å². The number of furan rings is 1. The molecule has 0 radical (unpaired) electrons. The second kappa shape index (κ2) is 8.54. The van der Waals surface area contributed by atoms with Crippen LogP contribution < -0.4 is 9.47 Å².